The smallest absolute Gasteiger partial charge is 0.221 e. The van der Waals surface area contributed by atoms with E-state index < -0.39 is 0 Å². The van der Waals surface area contributed by atoms with Crippen LogP contribution in [0.15, 0.2) is 0 Å². The molecule has 2 aliphatic rings. The van der Waals surface area contributed by atoms with Gasteiger partial charge >= 0.3 is 0 Å². The number of carbonyl (C=O) groups excluding carboxylic acids is 1. The summed E-state index contributed by atoms with van der Waals surface area (Å²) in [4.78, 5) is 16.4. The second kappa shape index (κ2) is 5.36. The van der Waals surface area contributed by atoms with Crippen molar-refractivity contribution >= 4 is 5.91 Å². The maximum Gasteiger partial charge on any atom is 0.221 e. The van der Waals surface area contributed by atoms with Crippen molar-refractivity contribution in [1.82, 2.24) is 15.1 Å². The van der Waals surface area contributed by atoms with Crippen molar-refractivity contribution < 1.29 is 4.79 Å². The average Bonchev–Trinajstić information content (AvgIpc) is 2.58. The van der Waals surface area contributed by atoms with Crippen LogP contribution in [0.4, 0.5) is 0 Å². The zero-order valence-electron chi connectivity index (χ0n) is 11.3. The summed E-state index contributed by atoms with van der Waals surface area (Å²) in [6.07, 6.45) is 3.30. The van der Waals surface area contributed by atoms with Crippen LogP contribution in [-0.4, -0.2) is 60.5 Å². The first-order valence-electron chi connectivity index (χ1n) is 6.82. The Morgan fingerprint density at radius 3 is 2.35 bits per heavy atom. The number of hydrogen-bond donors (Lipinski definition) is 1. The summed E-state index contributed by atoms with van der Waals surface area (Å²) in [7, 11) is 1.71. The summed E-state index contributed by atoms with van der Waals surface area (Å²) < 4.78 is 0. The Balaban J connectivity index is 1.85. The number of rotatable bonds is 4. The number of fused-ring (bicyclic) bond motifs is 2. The van der Waals surface area contributed by atoms with Gasteiger partial charge in [0.1, 0.15) is 0 Å². The van der Waals surface area contributed by atoms with Crippen molar-refractivity contribution in [3.63, 3.8) is 0 Å². The number of nitrogens with zero attached hydrogens (tertiary/aromatic N) is 2. The molecule has 1 amide bonds. The lowest BCUT2D eigenvalue weighted by Gasteiger charge is -2.43. The molecule has 0 saturated carbocycles. The molecule has 2 aliphatic heterocycles. The lowest BCUT2D eigenvalue weighted by molar-refractivity contribution is -0.121. The minimum Gasteiger partial charge on any atom is -0.359 e. The quantitative estimate of drug-likeness (QED) is 0.783. The Labute approximate surface area is 104 Å². The van der Waals surface area contributed by atoms with Gasteiger partial charge in [0.05, 0.1) is 0 Å². The molecular formula is C13H25N3O. The number of piperazine rings is 1. The van der Waals surface area contributed by atoms with Crippen LogP contribution in [0, 0.1) is 0 Å². The summed E-state index contributed by atoms with van der Waals surface area (Å²) in [5.74, 6) is 0.156. The fraction of sp³-hybridized carbons (Fsp3) is 0.923. The highest BCUT2D eigenvalue weighted by Gasteiger charge is 2.40. The highest BCUT2D eigenvalue weighted by molar-refractivity contribution is 5.75. The highest BCUT2D eigenvalue weighted by Crippen LogP contribution is 2.31. The minimum absolute atomic E-state index is 0.156. The summed E-state index contributed by atoms with van der Waals surface area (Å²) in [6, 6.07) is 2.10. The van der Waals surface area contributed by atoms with Crippen LogP contribution in [0.5, 0.6) is 0 Å². The zero-order valence-corrected chi connectivity index (χ0v) is 11.3. The second-order valence-electron chi connectivity index (χ2n) is 5.61. The fourth-order valence-corrected chi connectivity index (χ4v) is 3.43. The zero-order chi connectivity index (χ0) is 12.4. The van der Waals surface area contributed by atoms with Gasteiger partial charge < -0.3 is 5.32 Å². The molecule has 2 saturated heterocycles. The maximum absolute atomic E-state index is 11.3. The standard InChI is InChI=1S/C13H25N3O/c1-10(2)16-11-4-5-12(16)9-15(8-11)7-6-13(17)14-3/h10-12H,4-9H2,1-3H3,(H,14,17). The lowest BCUT2D eigenvalue weighted by atomic mass is 10.1. The predicted octanol–water partition coefficient (Wildman–Crippen LogP) is 0.680. The van der Waals surface area contributed by atoms with E-state index in [0.29, 0.717) is 12.5 Å². The first-order valence-corrected chi connectivity index (χ1v) is 6.82. The summed E-state index contributed by atoms with van der Waals surface area (Å²) in [6.45, 7) is 7.80. The molecule has 0 radical (unpaired) electrons. The molecule has 0 aromatic rings. The monoisotopic (exact) mass is 239 g/mol. The maximum atomic E-state index is 11.3. The van der Waals surface area contributed by atoms with Crippen LogP contribution in [0.2, 0.25) is 0 Å². The van der Waals surface area contributed by atoms with Crippen LogP contribution in [0.25, 0.3) is 0 Å². The molecule has 2 rings (SSSR count). The molecule has 2 fully saturated rings. The molecule has 2 unspecified atom stereocenters. The molecule has 0 aromatic heterocycles. The number of likely N-dealkylation sites (tertiary alicyclic amines) is 1. The third-order valence-corrected chi connectivity index (χ3v) is 4.14. The third-order valence-electron chi connectivity index (χ3n) is 4.14. The van der Waals surface area contributed by atoms with Gasteiger partial charge in [0.15, 0.2) is 0 Å². The third kappa shape index (κ3) is 2.80. The Kier molecular flexibility index (Phi) is 4.05. The molecule has 4 heteroatoms. The van der Waals surface area contributed by atoms with E-state index >= 15 is 0 Å². The molecule has 4 nitrogen and oxygen atoms in total. The van der Waals surface area contributed by atoms with Crippen molar-refractivity contribution in [3.05, 3.63) is 0 Å². The first-order chi connectivity index (χ1) is 8.11. The van der Waals surface area contributed by atoms with E-state index in [9.17, 15) is 4.79 Å². The van der Waals surface area contributed by atoms with Crippen molar-refractivity contribution in [1.29, 1.82) is 0 Å². The molecular weight excluding hydrogens is 214 g/mol. The van der Waals surface area contributed by atoms with Gasteiger partial charge in [-0.1, -0.05) is 0 Å². The average molecular weight is 239 g/mol. The lowest BCUT2D eigenvalue weighted by Crippen LogP contribution is -2.56. The Morgan fingerprint density at radius 1 is 1.29 bits per heavy atom. The van der Waals surface area contributed by atoms with E-state index in [1.165, 1.54) is 12.8 Å². The topological polar surface area (TPSA) is 35.6 Å². The molecule has 0 spiro atoms. The molecule has 1 N–H and O–H groups in total. The molecule has 2 bridgehead atoms. The minimum atomic E-state index is 0.156. The van der Waals surface area contributed by atoms with Gasteiger partial charge in [-0.25, -0.2) is 0 Å². The number of nitrogens with one attached hydrogen (secondary N) is 1. The molecule has 0 aliphatic carbocycles. The van der Waals surface area contributed by atoms with Gasteiger partial charge in [0.2, 0.25) is 5.91 Å². The van der Waals surface area contributed by atoms with E-state index in [1.807, 2.05) is 0 Å². The second-order valence-corrected chi connectivity index (χ2v) is 5.61. The number of carbonyl (C=O) groups is 1. The van der Waals surface area contributed by atoms with Crippen LogP contribution in [0.3, 0.4) is 0 Å². The number of amides is 1. The molecule has 17 heavy (non-hydrogen) atoms. The van der Waals surface area contributed by atoms with Gasteiger partial charge in [0.25, 0.3) is 0 Å². The molecule has 98 valence electrons. The molecule has 2 atom stereocenters. The first kappa shape index (κ1) is 12.8. The molecule has 0 aromatic carbocycles. The SMILES string of the molecule is CNC(=O)CCN1CC2CCC(C1)N2C(C)C. The van der Waals surface area contributed by atoms with Gasteiger partial charge in [-0.3, -0.25) is 14.6 Å². The van der Waals surface area contributed by atoms with Gasteiger partial charge in [-0.05, 0) is 26.7 Å². The van der Waals surface area contributed by atoms with E-state index in [1.54, 1.807) is 7.05 Å². The van der Waals surface area contributed by atoms with E-state index in [-0.39, 0.29) is 5.91 Å². The normalized spacial score (nSPS) is 29.9. The van der Waals surface area contributed by atoms with E-state index in [2.05, 4.69) is 29.0 Å². The Hall–Kier alpha value is -0.610. The van der Waals surface area contributed by atoms with Crippen molar-refractivity contribution in [2.45, 2.75) is 51.2 Å². The Bertz CT molecular complexity index is 266. The summed E-state index contributed by atoms with van der Waals surface area (Å²) >= 11 is 0. The highest BCUT2D eigenvalue weighted by atomic mass is 16.1. The van der Waals surface area contributed by atoms with Crippen molar-refractivity contribution in [2.75, 3.05) is 26.7 Å². The van der Waals surface area contributed by atoms with Crippen molar-refractivity contribution in [2.24, 2.45) is 0 Å². The Morgan fingerprint density at radius 2 is 1.88 bits per heavy atom. The molecule has 2 heterocycles. The van der Waals surface area contributed by atoms with Crippen LogP contribution >= 0.6 is 0 Å². The van der Waals surface area contributed by atoms with E-state index in [0.717, 1.165) is 31.7 Å². The summed E-state index contributed by atoms with van der Waals surface area (Å²) in [5, 5.41) is 2.69. The van der Waals surface area contributed by atoms with Crippen molar-refractivity contribution in [3.8, 4) is 0 Å². The number of hydrogen-bond acceptors (Lipinski definition) is 3. The van der Waals surface area contributed by atoms with E-state index in [4.69, 9.17) is 0 Å². The predicted molar refractivity (Wildman–Crippen MR) is 68.9 cm³/mol. The summed E-state index contributed by atoms with van der Waals surface area (Å²) in [5.41, 5.74) is 0. The van der Waals surface area contributed by atoms with Gasteiger partial charge in [-0.2, -0.15) is 0 Å². The van der Waals surface area contributed by atoms with Crippen LogP contribution < -0.4 is 5.32 Å². The van der Waals surface area contributed by atoms with Gasteiger partial charge in [-0.15, -0.1) is 0 Å². The fourth-order valence-electron chi connectivity index (χ4n) is 3.43. The van der Waals surface area contributed by atoms with Crippen LogP contribution in [-0.2, 0) is 4.79 Å². The van der Waals surface area contributed by atoms with Gasteiger partial charge in [0, 0.05) is 51.2 Å². The van der Waals surface area contributed by atoms with Crippen LogP contribution in [0.1, 0.15) is 33.1 Å². The largest absolute Gasteiger partial charge is 0.359 e.